The molecule has 3 rings (SSSR count). The molecule has 0 aromatic heterocycles. The summed E-state index contributed by atoms with van der Waals surface area (Å²) < 4.78 is 0. The van der Waals surface area contributed by atoms with Crippen LogP contribution in [-0.4, -0.2) is 37.0 Å². The van der Waals surface area contributed by atoms with Gasteiger partial charge in [-0.25, -0.2) is 0 Å². The van der Waals surface area contributed by atoms with Crippen LogP contribution in [0.4, 0.5) is 0 Å². The van der Waals surface area contributed by atoms with Crippen LogP contribution in [0.15, 0.2) is 0 Å². The molecule has 3 aliphatic rings. The molecule has 0 bridgehead atoms. The van der Waals surface area contributed by atoms with Crippen LogP contribution in [0, 0.1) is 10.8 Å². The minimum absolute atomic E-state index is 0. The van der Waals surface area contributed by atoms with Gasteiger partial charge >= 0.3 is 0 Å². The lowest BCUT2D eigenvalue weighted by Gasteiger charge is -2.45. The van der Waals surface area contributed by atoms with E-state index < -0.39 is 0 Å². The largest absolute Gasteiger partial charge is 0.342 e. The van der Waals surface area contributed by atoms with Gasteiger partial charge < -0.3 is 10.2 Å². The van der Waals surface area contributed by atoms with Crippen molar-refractivity contribution in [2.24, 2.45) is 10.8 Å². The molecular weight excluding hydrogens is 272 g/mol. The Balaban J connectivity index is 0.00000147. The molecule has 1 unspecified atom stereocenters. The van der Waals surface area contributed by atoms with Gasteiger partial charge in [-0.05, 0) is 51.0 Å². The molecule has 1 spiro atoms. The first-order chi connectivity index (χ1) is 9.14. The highest BCUT2D eigenvalue weighted by Crippen LogP contribution is 2.45. The van der Waals surface area contributed by atoms with Gasteiger partial charge in [-0.3, -0.25) is 4.79 Å². The van der Waals surface area contributed by atoms with E-state index in [1.54, 1.807) is 0 Å². The molecule has 1 atom stereocenters. The molecule has 2 saturated heterocycles. The predicted octanol–water partition coefficient (Wildman–Crippen LogP) is 2.98. The molecule has 3 fully saturated rings. The topological polar surface area (TPSA) is 32.3 Å². The van der Waals surface area contributed by atoms with E-state index in [0.29, 0.717) is 11.3 Å². The second-order valence-corrected chi connectivity index (χ2v) is 7.34. The number of rotatable bonds is 1. The van der Waals surface area contributed by atoms with Crippen LogP contribution in [0.5, 0.6) is 0 Å². The fourth-order valence-electron chi connectivity index (χ4n) is 4.37. The molecular formula is C16H29ClN2O. The number of piperidine rings is 1. The summed E-state index contributed by atoms with van der Waals surface area (Å²) in [6.45, 7) is 6.02. The summed E-state index contributed by atoms with van der Waals surface area (Å²) in [7, 11) is 0. The molecule has 2 heterocycles. The number of amides is 1. The summed E-state index contributed by atoms with van der Waals surface area (Å²) in [5.74, 6) is 0.406. The van der Waals surface area contributed by atoms with Gasteiger partial charge in [-0.1, -0.05) is 19.3 Å². The first-order valence-corrected chi connectivity index (χ1v) is 8.14. The first kappa shape index (κ1) is 16.1. The van der Waals surface area contributed by atoms with Crippen molar-refractivity contribution in [3.8, 4) is 0 Å². The van der Waals surface area contributed by atoms with Crippen LogP contribution in [0.1, 0.15) is 58.3 Å². The second kappa shape index (κ2) is 6.23. The van der Waals surface area contributed by atoms with Gasteiger partial charge in [-0.2, -0.15) is 0 Å². The van der Waals surface area contributed by atoms with Crippen molar-refractivity contribution in [1.29, 1.82) is 0 Å². The Hall–Kier alpha value is -0.280. The van der Waals surface area contributed by atoms with Crippen molar-refractivity contribution in [2.45, 2.75) is 58.3 Å². The number of hydrogen-bond acceptors (Lipinski definition) is 2. The molecule has 1 N–H and O–H groups in total. The maximum atomic E-state index is 12.7. The number of hydrogen-bond donors (Lipinski definition) is 1. The van der Waals surface area contributed by atoms with E-state index in [1.165, 1.54) is 44.9 Å². The summed E-state index contributed by atoms with van der Waals surface area (Å²) >= 11 is 0. The van der Waals surface area contributed by atoms with Gasteiger partial charge in [-0.15, -0.1) is 12.4 Å². The van der Waals surface area contributed by atoms with Gasteiger partial charge in [0, 0.05) is 19.6 Å². The highest BCUT2D eigenvalue weighted by atomic mass is 35.5. The fourth-order valence-corrected chi connectivity index (χ4v) is 4.37. The summed E-state index contributed by atoms with van der Waals surface area (Å²) in [5.41, 5.74) is 0.473. The normalized spacial score (nSPS) is 33.0. The molecule has 1 aliphatic carbocycles. The smallest absolute Gasteiger partial charge is 0.229 e. The lowest BCUT2D eigenvalue weighted by atomic mass is 9.68. The molecule has 1 amide bonds. The fraction of sp³-hybridized carbons (Fsp3) is 0.938. The van der Waals surface area contributed by atoms with Crippen molar-refractivity contribution >= 4 is 18.3 Å². The molecule has 116 valence electrons. The molecule has 4 heteroatoms. The standard InChI is InChI=1S/C16H28N2O.ClH/c1-15(7-10-17-13-15)14(19)18-11-8-16(9-12-18)5-3-2-4-6-16;/h17H,2-13H2,1H3;1H. The monoisotopic (exact) mass is 300 g/mol. The van der Waals surface area contributed by atoms with E-state index in [4.69, 9.17) is 0 Å². The van der Waals surface area contributed by atoms with Crippen molar-refractivity contribution < 1.29 is 4.79 Å². The summed E-state index contributed by atoms with van der Waals surface area (Å²) in [6.07, 6.45) is 10.6. The first-order valence-electron chi connectivity index (χ1n) is 8.14. The average Bonchev–Trinajstić information content (AvgIpc) is 2.88. The van der Waals surface area contributed by atoms with Gasteiger partial charge in [0.1, 0.15) is 0 Å². The molecule has 1 saturated carbocycles. The Labute approximate surface area is 129 Å². The number of likely N-dealkylation sites (tertiary alicyclic amines) is 1. The number of carbonyl (C=O) groups excluding carboxylic acids is 1. The Morgan fingerprint density at radius 1 is 1.00 bits per heavy atom. The zero-order chi connectivity index (χ0) is 13.3. The Bertz CT molecular complexity index is 336. The zero-order valence-electron chi connectivity index (χ0n) is 12.7. The Kier molecular flexibility index (Phi) is 5.01. The maximum absolute atomic E-state index is 12.7. The molecule has 2 aliphatic heterocycles. The lowest BCUT2D eigenvalue weighted by Crippen LogP contribution is -2.49. The van der Waals surface area contributed by atoms with Gasteiger partial charge in [0.15, 0.2) is 0 Å². The minimum Gasteiger partial charge on any atom is -0.342 e. The number of carbonyl (C=O) groups is 1. The maximum Gasteiger partial charge on any atom is 0.229 e. The van der Waals surface area contributed by atoms with Gasteiger partial charge in [0.25, 0.3) is 0 Å². The second-order valence-electron chi connectivity index (χ2n) is 7.34. The number of nitrogens with one attached hydrogen (secondary N) is 1. The third-order valence-electron chi connectivity index (χ3n) is 5.91. The lowest BCUT2D eigenvalue weighted by molar-refractivity contribution is -0.143. The zero-order valence-corrected chi connectivity index (χ0v) is 13.6. The third kappa shape index (κ3) is 2.99. The molecule has 0 aromatic carbocycles. The Morgan fingerprint density at radius 3 is 2.20 bits per heavy atom. The SMILES string of the molecule is CC1(C(=O)N2CCC3(CCCCC3)CC2)CCNC1.Cl. The van der Waals surface area contributed by atoms with Crippen LogP contribution in [0.3, 0.4) is 0 Å². The summed E-state index contributed by atoms with van der Waals surface area (Å²) in [5, 5.41) is 3.34. The van der Waals surface area contributed by atoms with Crippen LogP contribution in [0.2, 0.25) is 0 Å². The van der Waals surface area contributed by atoms with E-state index in [-0.39, 0.29) is 17.8 Å². The highest BCUT2D eigenvalue weighted by molar-refractivity contribution is 5.85. The summed E-state index contributed by atoms with van der Waals surface area (Å²) in [6, 6.07) is 0. The van der Waals surface area contributed by atoms with Gasteiger partial charge in [0.05, 0.1) is 5.41 Å². The van der Waals surface area contributed by atoms with Crippen molar-refractivity contribution in [3.05, 3.63) is 0 Å². The van der Waals surface area contributed by atoms with Crippen LogP contribution in [-0.2, 0) is 4.79 Å². The van der Waals surface area contributed by atoms with Crippen LogP contribution in [0.25, 0.3) is 0 Å². The molecule has 0 radical (unpaired) electrons. The molecule has 3 nitrogen and oxygen atoms in total. The van der Waals surface area contributed by atoms with Crippen LogP contribution < -0.4 is 5.32 Å². The van der Waals surface area contributed by atoms with E-state index in [2.05, 4.69) is 17.1 Å². The molecule has 20 heavy (non-hydrogen) atoms. The molecule has 0 aromatic rings. The number of nitrogens with zero attached hydrogens (tertiary/aromatic N) is 1. The van der Waals surface area contributed by atoms with E-state index in [9.17, 15) is 4.79 Å². The average molecular weight is 301 g/mol. The van der Waals surface area contributed by atoms with Crippen LogP contribution >= 0.6 is 12.4 Å². The van der Waals surface area contributed by atoms with Crippen molar-refractivity contribution in [2.75, 3.05) is 26.2 Å². The third-order valence-corrected chi connectivity index (χ3v) is 5.91. The minimum atomic E-state index is -0.128. The van der Waals surface area contributed by atoms with E-state index in [0.717, 1.165) is 32.6 Å². The van der Waals surface area contributed by atoms with Gasteiger partial charge in [0.2, 0.25) is 5.91 Å². The predicted molar refractivity (Wildman–Crippen MR) is 84.2 cm³/mol. The summed E-state index contributed by atoms with van der Waals surface area (Å²) in [4.78, 5) is 14.8. The number of halogens is 1. The Morgan fingerprint density at radius 2 is 1.65 bits per heavy atom. The van der Waals surface area contributed by atoms with E-state index in [1.807, 2.05) is 0 Å². The van der Waals surface area contributed by atoms with Crippen molar-refractivity contribution in [3.63, 3.8) is 0 Å². The van der Waals surface area contributed by atoms with Crippen molar-refractivity contribution in [1.82, 2.24) is 10.2 Å². The highest BCUT2D eigenvalue weighted by Gasteiger charge is 2.42. The quantitative estimate of drug-likeness (QED) is 0.807. The van der Waals surface area contributed by atoms with E-state index >= 15 is 0 Å².